The lowest BCUT2D eigenvalue weighted by atomic mass is 9.72. The van der Waals surface area contributed by atoms with Gasteiger partial charge in [-0.3, -0.25) is 0 Å². The van der Waals surface area contributed by atoms with Gasteiger partial charge in [0.25, 0.3) is 0 Å². The molecule has 1 unspecified atom stereocenters. The van der Waals surface area contributed by atoms with Crippen LogP contribution >= 0.6 is 0 Å². The number of fused-ring (bicyclic) bond motifs is 1. The zero-order chi connectivity index (χ0) is 17.2. The third-order valence-electron chi connectivity index (χ3n) is 5.73. The van der Waals surface area contributed by atoms with Crippen LogP contribution in [0.3, 0.4) is 0 Å². The molecule has 25 heavy (non-hydrogen) atoms. The Hall–Kier alpha value is -2.21. The largest absolute Gasteiger partial charge is 0.455 e. The Kier molecular flexibility index (Phi) is 2.96. The molecule has 130 valence electrons. The normalized spacial score (nSPS) is 36.4. The number of rotatable bonds is 3. The van der Waals surface area contributed by atoms with Gasteiger partial charge >= 0.3 is 5.97 Å². The fraction of sp³-hybridized carbons (Fsp3) is 0.474. The summed E-state index contributed by atoms with van der Waals surface area (Å²) in [6, 6.07) is 7.76. The van der Waals surface area contributed by atoms with Crippen LogP contribution in [0.1, 0.15) is 32.0 Å². The molecule has 0 radical (unpaired) electrons. The van der Waals surface area contributed by atoms with Crippen molar-refractivity contribution < 1.29 is 18.7 Å². The number of carbonyl (C=O) groups is 1. The fourth-order valence-corrected chi connectivity index (χ4v) is 4.75. The summed E-state index contributed by atoms with van der Waals surface area (Å²) in [7, 11) is 0. The van der Waals surface area contributed by atoms with Crippen molar-refractivity contribution in [2.75, 3.05) is 0 Å². The van der Waals surface area contributed by atoms with E-state index in [9.17, 15) is 9.18 Å². The Morgan fingerprint density at radius 1 is 1.40 bits per heavy atom. The lowest BCUT2D eigenvalue weighted by molar-refractivity contribution is -0.142. The number of carbonyl (C=O) groups excluding carboxylic acids is 1. The Bertz CT molecular complexity index is 870. The number of hydrogen-bond acceptors (Lipinski definition) is 4. The van der Waals surface area contributed by atoms with E-state index < -0.39 is 17.2 Å². The average molecular weight is 342 g/mol. The average Bonchev–Trinajstić information content (AvgIpc) is 3.20. The van der Waals surface area contributed by atoms with Gasteiger partial charge in [0.05, 0.1) is 16.6 Å². The molecule has 2 aliphatic carbocycles. The number of halogens is 1. The van der Waals surface area contributed by atoms with Gasteiger partial charge < -0.3 is 14.5 Å². The van der Waals surface area contributed by atoms with Gasteiger partial charge in [0.15, 0.2) is 0 Å². The zero-order valence-corrected chi connectivity index (χ0v) is 13.9. The van der Waals surface area contributed by atoms with Crippen LogP contribution in [0.2, 0.25) is 0 Å². The summed E-state index contributed by atoms with van der Waals surface area (Å²) >= 11 is 0. The maximum atomic E-state index is 14.7. The van der Waals surface area contributed by atoms with Gasteiger partial charge in [-0.25, -0.2) is 14.2 Å². The van der Waals surface area contributed by atoms with Gasteiger partial charge in [0, 0.05) is 0 Å². The number of nitrogens with one attached hydrogen (secondary N) is 1. The van der Waals surface area contributed by atoms with E-state index in [1.807, 2.05) is 24.3 Å². The van der Waals surface area contributed by atoms with Crippen molar-refractivity contribution in [3.63, 3.8) is 0 Å². The first kappa shape index (κ1) is 15.1. The zero-order valence-electron chi connectivity index (χ0n) is 13.9. The standard InChI is InChI=1S/C19H19FN2O3/c1-18(20)8-11-6-7-15-19(11,12(9-18)17(23)25-15)24-10-16-21-13-4-2-3-5-14(13)22-16/h2-5,9,11,15H,6-8,10H2,1H3,(H,21,22)/t11?,15-,18+,19+/m1/s1. The highest BCUT2D eigenvalue weighted by atomic mass is 19.1. The molecule has 3 aliphatic rings. The van der Waals surface area contributed by atoms with Crippen molar-refractivity contribution in [3.8, 4) is 0 Å². The van der Waals surface area contributed by atoms with E-state index in [1.165, 1.54) is 13.0 Å². The summed E-state index contributed by atoms with van der Waals surface area (Å²) in [6.07, 6.45) is 2.95. The molecule has 4 atom stereocenters. The van der Waals surface area contributed by atoms with E-state index in [4.69, 9.17) is 9.47 Å². The molecule has 1 saturated heterocycles. The second kappa shape index (κ2) is 4.91. The molecule has 0 bridgehead atoms. The van der Waals surface area contributed by atoms with E-state index >= 15 is 0 Å². The van der Waals surface area contributed by atoms with Crippen LogP contribution in [-0.4, -0.2) is 33.3 Å². The van der Waals surface area contributed by atoms with Crippen molar-refractivity contribution in [1.29, 1.82) is 0 Å². The summed E-state index contributed by atoms with van der Waals surface area (Å²) in [5.74, 6) is 0.202. The van der Waals surface area contributed by atoms with Crippen LogP contribution < -0.4 is 0 Å². The third kappa shape index (κ3) is 2.10. The molecule has 1 aliphatic heterocycles. The molecular formula is C19H19FN2O3. The van der Waals surface area contributed by atoms with E-state index in [0.717, 1.165) is 17.5 Å². The molecule has 6 heteroatoms. The molecule has 2 heterocycles. The fourth-order valence-electron chi connectivity index (χ4n) is 4.75. The predicted octanol–water partition coefficient (Wildman–Crippen LogP) is 3.21. The summed E-state index contributed by atoms with van der Waals surface area (Å²) in [5.41, 5.74) is -0.161. The number of alkyl halides is 1. The predicted molar refractivity (Wildman–Crippen MR) is 88.4 cm³/mol. The minimum atomic E-state index is -1.50. The number of esters is 1. The number of aromatic amines is 1. The number of H-pyrrole nitrogens is 1. The number of para-hydroxylation sites is 2. The SMILES string of the molecule is C[C@@]1(F)C=C2C(=O)O[C@@H]3CCC(C1)[C@]23OCc1nc2ccccc2[nH]1. The second-order valence-corrected chi connectivity index (χ2v) is 7.49. The topological polar surface area (TPSA) is 64.2 Å². The van der Waals surface area contributed by atoms with Gasteiger partial charge in [0.1, 0.15) is 29.8 Å². The van der Waals surface area contributed by atoms with Crippen LogP contribution in [0.25, 0.3) is 11.0 Å². The van der Waals surface area contributed by atoms with Gasteiger partial charge in [-0.1, -0.05) is 12.1 Å². The number of benzene rings is 1. The van der Waals surface area contributed by atoms with E-state index in [2.05, 4.69) is 9.97 Å². The summed E-state index contributed by atoms with van der Waals surface area (Å²) in [4.78, 5) is 20.0. The lowest BCUT2D eigenvalue weighted by Gasteiger charge is -2.40. The summed E-state index contributed by atoms with van der Waals surface area (Å²) in [5, 5.41) is 0. The number of imidazole rings is 1. The number of ether oxygens (including phenoxy) is 2. The highest BCUT2D eigenvalue weighted by molar-refractivity contribution is 5.94. The Morgan fingerprint density at radius 3 is 3.08 bits per heavy atom. The molecule has 0 amide bonds. The highest BCUT2D eigenvalue weighted by Gasteiger charge is 2.65. The Morgan fingerprint density at radius 2 is 2.24 bits per heavy atom. The van der Waals surface area contributed by atoms with E-state index in [1.54, 1.807) is 0 Å². The molecule has 1 aromatic carbocycles. The van der Waals surface area contributed by atoms with Crippen molar-refractivity contribution in [1.82, 2.24) is 9.97 Å². The van der Waals surface area contributed by atoms with Gasteiger partial charge in [-0.2, -0.15) is 0 Å². The van der Waals surface area contributed by atoms with Gasteiger partial charge in [0.2, 0.25) is 0 Å². The number of aromatic nitrogens is 2. The molecule has 2 aromatic rings. The van der Waals surface area contributed by atoms with Crippen molar-refractivity contribution >= 4 is 17.0 Å². The lowest BCUT2D eigenvalue weighted by Crippen LogP contribution is -2.49. The quantitative estimate of drug-likeness (QED) is 0.870. The highest BCUT2D eigenvalue weighted by Crippen LogP contribution is 2.56. The minimum Gasteiger partial charge on any atom is -0.455 e. The number of nitrogens with zero attached hydrogens (tertiary/aromatic N) is 1. The first-order valence-electron chi connectivity index (χ1n) is 8.69. The van der Waals surface area contributed by atoms with Crippen molar-refractivity contribution in [2.45, 2.75) is 50.2 Å². The van der Waals surface area contributed by atoms with Crippen LogP contribution in [0, 0.1) is 5.92 Å². The van der Waals surface area contributed by atoms with Crippen LogP contribution in [0.15, 0.2) is 35.9 Å². The molecule has 2 fully saturated rings. The van der Waals surface area contributed by atoms with Gasteiger partial charge in [-0.15, -0.1) is 0 Å². The maximum absolute atomic E-state index is 14.7. The molecule has 0 spiro atoms. The van der Waals surface area contributed by atoms with Crippen molar-refractivity contribution in [3.05, 3.63) is 41.7 Å². The van der Waals surface area contributed by atoms with E-state index in [-0.39, 0.29) is 18.6 Å². The Balaban J connectivity index is 1.50. The number of hydrogen-bond donors (Lipinski definition) is 1. The third-order valence-corrected chi connectivity index (χ3v) is 5.73. The van der Waals surface area contributed by atoms with Crippen LogP contribution in [0.4, 0.5) is 4.39 Å². The number of allylic oxidation sites excluding steroid dienone is 1. The molecule has 5 nitrogen and oxygen atoms in total. The molecule has 5 rings (SSSR count). The maximum Gasteiger partial charge on any atom is 0.337 e. The summed E-state index contributed by atoms with van der Waals surface area (Å²) in [6.45, 7) is 1.75. The first-order valence-corrected chi connectivity index (χ1v) is 8.69. The van der Waals surface area contributed by atoms with Crippen LogP contribution in [0.5, 0.6) is 0 Å². The second-order valence-electron chi connectivity index (χ2n) is 7.49. The minimum absolute atomic E-state index is 0.0525. The molecular weight excluding hydrogens is 323 g/mol. The molecule has 1 saturated carbocycles. The Labute approximate surface area is 144 Å². The van der Waals surface area contributed by atoms with E-state index in [0.29, 0.717) is 24.2 Å². The molecule has 1 aromatic heterocycles. The smallest absolute Gasteiger partial charge is 0.337 e. The molecule has 1 N–H and O–H groups in total. The van der Waals surface area contributed by atoms with Gasteiger partial charge in [-0.05, 0) is 50.3 Å². The van der Waals surface area contributed by atoms with Crippen molar-refractivity contribution in [2.24, 2.45) is 5.92 Å². The monoisotopic (exact) mass is 342 g/mol. The first-order chi connectivity index (χ1) is 12.0. The summed E-state index contributed by atoms with van der Waals surface area (Å²) < 4.78 is 26.5. The van der Waals surface area contributed by atoms with Crippen LogP contribution in [-0.2, 0) is 20.9 Å².